The number of fused-ring (bicyclic) bond motifs is 2. The molecular formula is C20H22N6O3S. The summed E-state index contributed by atoms with van der Waals surface area (Å²) in [4.78, 5) is 43.1. The summed E-state index contributed by atoms with van der Waals surface area (Å²) in [7, 11) is 2.92. The van der Waals surface area contributed by atoms with Crippen LogP contribution < -0.4 is 16.6 Å². The molecule has 1 atom stereocenters. The maximum absolute atomic E-state index is 13.0. The van der Waals surface area contributed by atoms with Gasteiger partial charge in [0.05, 0.1) is 11.9 Å². The van der Waals surface area contributed by atoms with Crippen LogP contribution in [0.15, 0.2) is 15.9 Å². The van der Waals surface area contributed by atoms with Crippen molar-refractivity contribution in [2.75, 3.05) is 5.32 Å². The summed E-state index contributed by atoms with van der Waals surface area (Å²) < 4.78 is 3.74. The van der Waals surface area contributed by atoms with Crippen LogP contribution in [-0.2, 0) is 31.7 Å². The van der Waals surface area contributed by atoms with Gasteiger partial charge >= 0.3 is 5.69 Å². The van der Waals surface area contributed by atoms with E-state index in [0.29, 0.717) is 10.6 Å². The quantitative estimate of drug-likeness (QED) is 0.642. The van der Waals surface area contributed by atoms with Crippen molar-refractivity contribution in [3.8, 4) is 6.07 Å². The van der Waals surface area contributed by atoms with Gasteiger partial charge in [0.15, 0.2) is 11.2 Å². The third kappa shape index (κ3) is 3.06. The molecule has 4 rings (SSSR count). The van der Waals surface area contributed by atoms with Crippen LogP contribution in [0.3, 0.4) is 0 Å². The fraction of sp³-hybridized carbons (Fsp3) is 0.450. The van der Waals surface area contributed by atoms with Gasteiger partial charge in [0.2, 0.25) is 5.91 Å². The molecule has 9 nitrogen and oxygen atoms in total. The number of rotatable bonds is 3. The van der Waals surface area contributed by atoms with Crippen LogP contribution in [0.1, 0.15) is 48.2 Å². The van der Waals surface area contributed by atoms with E-state index in [-0.39, 0.29) is 17.1 Å². The Balaban J connectivity index is 1.70. The molecule has 0 aromatic carbocycles. The van der Waals surface area contributed by atoms with Gasteiger partial charge in [-0.1, -0.05) is 6.42 Å². The molecule has 3 aromatic heterocycles. The molecule has 0 saturated carbocycles. The Bertz CT molecular complexity index is 1320. The first-order valence-corrected chi connectivity index (χ1v) is 10.6. The topological polar surface area (TPSA) is 115 Å². The zero-order valence-corrected chi connectivity index (χ0v) is 17.9. The van der Waals surface area contributed by atoms with Gasteiger partial charge < -0.3 is 9.88 Å². The number of nitrogens with one attached hydrogen (secondary N) is 1. The second-order valence-corrected chi connectivity index (χ2v) is 8.68. The number of nitriles is 1. The Hall–Kier alpha value is -3.19. The lowest BCUT2D eigenvalue weighted by molar-refractivity contribution is -0.118. The molecule has 0 spiro atoms. The first-order valence-electron chi connectivity index (χ1n) is 9.83. The lowest BCUT2D eigenvalue weighted by Gasteiger charge is -2.14. The predicted molar refractivity (Wildman–Crippen MR) is 114 cm³/mol. The van der Waals surface area contributed by atoms with Gasteiger partial charge in [-0.25, -0.2) is 9.78 Å². The number of aryl methyl sites for hydroxylation is 2. The van der Waals surface area contributed by atoms with Gasteiger partial charge in [-0.05, 0) is 38.2 Å². The molecule has 0 unspecified atom stereocenters. The minimum atomic E-state index is -0.756. The summed E-state index contributed by atoms with van der Waals surface area (Å²) in [5.41, 5.74) is 1.03. The fourth-order valence-corrected chi connectivity index (χ4v) is 5.19. The summed E-state index contributed by atoms with van der Waals surface area (Å²) in [6.07, 6.45) is 6.46. The largest absolute Gasteiger partial charge is 0.332 e. The first-order chi connectivity index (χ1) is 14.3. The van der Waals surface area contributed by atoms with Crippen molar-refractivity contribution >= 4 is 33.4 Å². The molecule has 1 aliphatic carbocycles. The third-order valence-electron chi connectivity index (χ3n) is 5.74. The van der Waals surface area contributed by atoms with E-state index in [1.54, 1.807) is 6.92 Å². The van der Waals surface area contributed by atoms with Crippen molar-refractivity contribution < 1.29 is 4.79 Å². The average molecular weight is 427 g/mol. The van der Waals surface area contributed by atoms with E-state index in [4.69, 9.17) is 0 Å². The number of hydrogen-bond acceptors (Lipinski definition) is 6. The monoisotopic (exact) mass is 426 g/mol. The lowest BCUT2D eigenvalue weighted by Crippen LogP contribution is -2.38. The number of thiophene rings is 1. The van der Waals surface area contributed by atoms with Crippen molar-refractivity contribution in [2.45, 2.75) is 45.1 Å². The van der Waals surface area contributed by atoms with E-state index in [1.807, 2.05) is 0 Å². The van der Waals surface area contributed by atoms with E-state index in [2.05, 4.69) is 16.4 Å². The predicted octanol–water partition coefficient (Wildman–Crippen LogP) is 1.84. The highest BCUT2D eigenvalue weighted by molar-refractivity contribution is 7.16. The van der Waals surface area contributed by atoms with Crippen LogP contribution in [0.25, 0.3) is 11.2 Å². The first kappa shape index (κ1) is 20.1. The summed E-state index contributed by atoms with van der Waals surface area (Å²) in [5, 5.41) is 13.1. The van der Waals surface area contributed by atoms with Crippen molar-refractivity contribution in [2.24, 2.45) is 14.1 Å². The van der Waals surface area contributed by atoms with Crippen molar-refractivity contribution in [3.63, 3.8) is 0 Å². The molecule has 0 aliphatic heterocycles. The normalized spacial score (nSPS) is 14.7. The molecular weight excluding hydrogens is 404 g/mol. The lowest BCUT2D eigenvalue weighted by atomic mass is 10.1. The molecule has 0 saturated heterocycles. The van der Waals surface area contributed by atoms with Gasteiger partial charge in [-0.3, -0.25) is 18.7 Å². The van der Waals surface area contributed by atoms with Gasteiger partial charge in [-0.15, -0.1) is 11.3 Å². The zero-order chi connectivity index (χ0) is 21.6. The molecule has 1 N–H and O–H groups in total. The Morgan fingerprint density at radius 3 is 2.70 bits per heavy atom. The highest BCUT2D eigenvalue weighted by Crippen LogP contribution is 2.37. The van der Waals surface area contributed by atoms with Crippen molar-refractivity contribution in [1.82, 2.24) is 18.7 Å². The number of imidazole rings is 1. The standard InChI is InChI=1S/C20H22N6O3S/c1-11(26-10-22-16-15(26)19(28)25(3)20(29)24(16)2)17(27)23-18-13(9-21)12-7-5-4-6-8-14(12)30-18/h10-11H,4-8H2,1-3H3,(H,23,27)/t11-/m1/s1. The van der Waals surface area contributed by atoms with Gasteiger partial charge in [0.1, 0.15) is 17.1 Å². The Labute approximate surface area is 176 Å². The van der Waals surface area contributed by atoms with Crippen molar-refractivity contribution in [1.29, 1.82) is 5.26 Å². The Kier molecular flexibility index (Phi) is 5.07. The number of aromatic nitrogens is 4. The second-order valence-electron chi connectivity index (χ2n) is 7.58. The van der Waals surface area contributed by atoms with Crippen LogP contribution in [0.4, 0.5) is 5.00 Å². The number of hydrogen-bond donors (Lipinski definition) is 1. The van der Waals surface area contributed by atoms with Crippen molar-refractivity contribution in [3.05, 3.63) is 43.2 Å². The van der Waals surface area contributed by atoms with Crippen LogP contribution in [-0.4, -0.2) is 24.6 Å². The summed E-state index contributed by atoms with van der Waals surface area (Å²) >= 11 is 1.47. The Morgan fingerprint density at radius 2 is 1.97 bits per heavy atom. The molecule has 3 aromatic rings. The number of anilines is 1. The molecule has 1 amide bonds. The average Bonchev–Trinajstić information content (AvgIpc) is 3.24. The number of amides is 1. The third-order valence-corrected chi connectivity index (χ3v) is 6.95. The molecule has 10 heteroatoms. The number of carbonyl (C=O) groups is 1. The van der Waals surface area contributed by atoms with E-state index in [9.17, 15) is 19.6 Å². The molecule has 30 heavy (non-hydrogen) atoms. The summed E-state index contributed by atoms with van der Waals surface area (Å²) in [6.45, 7) is 1.66. The maximum Gasteiger partial charge on any atom is 0.332 e. The van der Waals surface area contributed by atoms with Crippen LogP contribution in [0.5, 0.6) is 0 Å². The van der Waals surface area contributed by atoms with E-state index in [1.165, 1.54) is 45.8 Å². The zero-order valence-electron chi connectivity index (χ0n) is 17.1. The van der Waals surface area contributed by atoms with E-state index < -0.39 is 17.3 Å². The van der Waals surface area contributed by atoms with E-state index in [0.717, 1.165) is 42.2 Å². The molecule has 1 aliphatic rings. The van der Waals surface area contributed by atoms with Crippen LogP contribution in [0, 0.1) is 11.3 Å². The molecule has 0 fully saturated rings. The molecule has 0 radical (unpaired) electrons. The number of carbonyl (C=O) groups excluding carboxylic acids is 1. The second kappa shape index (κ2) is 7.57. The summed E-state index contributed by atoms with van der Waals surface area (Å²) in [6, 6.07) is 1.50. The van der Waals surface area contributed by atoms with Crippen LogP contribution in [0.2, 0.25) is 0 Å². The molecule has 0 bridgehead atoms. The smallest absolute Gasteiger partial charge is 0.315 e. The minimum Gasteiger partial charge on any atom is -0.315 e. The van der Waals surface area contributed by atoms with Gasteiger partial charge in [0.25, 0.3) is 5.56 Å². The Morgan fingerprint density at radius 1 is 1.23 bits per heavy atom. The molecule has 156 valence electrons. The summed E-state index contributed by atoms with van der Waals surface area (Å²) in [5.74, 6) is -0.349. The van der Waals surface area contributed by atoms with E-state index >= 15 is 0 Å². The molecule has 3 heterocycles. The number of nitrogens with zero attached hydrogens (tertiary/aromatic N) is 5. The minimum absolute atomic E-state index is 0.185. The van der Waals surface area contributed by atoms with Gasteiger partial charge in [0, 0.05) is 19.0 Å². The maximum atomic E-state index is 13.0. The van der Waals surface area contributed by atoms with Gasteiger partial charge in [-0.2, -0.15) is 5.26 Å². The SMILES string of the molecule is C[C@H](C(=O)Nc1sc2c(c1C#N)CCCCC2)n1cnc2c1c(=O)n(C)c(=O)n2C. The van der Waals surface area contributed by atoms with Crippen LogP contribution >= 0.6 is 11.3 Å². The fourth-order valence-electron chi connectivity index (χ4n) is 3.95. The highest BCUT2D eigenvalue weighted by atomic mass is 32.1. The highest BCUT2D eigenvalue weighted by Gasteiger charge is 2.25.